The second-order valence-electron chi connectivity index (χ2n) is 5.54. The van der Waals surface area contributed by atoms with Crippen molar-refractivity contribution < 1.29 is 5.11 Å². The van der Waals surface area contributed by atoms with Crippen molar-refractivity contribution in [1.29, 1.82) is 0 Å². The fourth-order valence-electron chi connectivity index (χ4n) is 2.39. The molecule has 2 heterocycles. The van der Waals surface area contributed by atoms with Crippen LogP contribution in [0.2, 0.25) is 0 Å². The van der Waals surface area contributed by atoms with Gasteiger partial charge in [0.2, 0.25) is 0 Å². The van der Waals surface area contributed by atoms with Gasteiger partial charge in [-0.25, -0.2) is 0 Å². The van der Waals surface area contributed by atoms with Gasteiger partial charge in [-0.1, -0.05) is 0 Å². The van der Waals surface area contributed by atoms with E-state index in [1.54, 1.807) is 24.1 Å². The number of guanidine groups is 1. The minimum Gasteiger partial charge on any atom is -0.386 e. The number of nitrogens with one attached hydrogen (secondary N) is 2. The van der Waals surface area contributed by atoms with Crippen LogP contribution in [0.4, 0.5) is 0 Å². The monoisotopic (exact) mass is 319 g/mol. The molecule has 0 radical (unpaired) electrons. The normalized spacial score (nSPS) is 13.2. The number of aliphatic imine (C=N–C) groups is 1. The highest BCUT2D eigenvalue weighted by molar-refractivity contribution is 5.79. The second kappa shape index (κ2) is 7.28. The lowest BCUT2D eigenvalue weighted by Gasteiger charge is -2.14. The molecule has 0 saturated carbocycles. The van der Waals surface area contributed by atoms with Crippen LogP contribution in [-0.4, -0.2) is 44.2 Å². The predicted octanol–water partition coefficient (Wildman–Crippen LogP) is 0.169. The molecule has 2 aromatic heterocycles. The summed E-state index contributed by atoms with van der Waals surface area (Å²) in [5.41, 5.74) is 4.06. The summed E-state index contributed by atoms with van der Waals surface area (Å²) in [5.74, 6) is 0.635. The minimum atomic E-state index is -0.635. The molecule has 1 atom stereocenters. The SMILES string of the molecule is CN=C(NCc1c(C)nn(C)c1C)NCC(O)c1cnn(C)c1. The highest BCUT2D eigenvalue weighted by Gasteiger charge is 2.12. The van der Waals surface area contributed by atoms with Crippen LogP contribution >= 0.6 is 0 Å². The van der Waals surface area contributed by atoms with Crippen molar-refractivity contribution in [2.24, 2.45) is 19.1 Å². The van der Waals surface area contributed by atoms with E-state index < -0.39 is 6.10 Å². The van der Waals surface area contributed by atoms with Crippen molar-refractivity contribution in [3.05, 3.63) is 34.9 Å². The summed E-state index contributed by atoms with van der Waals surface area (Å²) in [6.07, 6.45) is 2.82. The quantitative estimate of drug-likeness (QED) is 0.540. The Morgan fingerprint density at radius 2 is 2.09 bits per heavy atom. The topological polar surface area (TPSA) is 92.3 Å². The number of aryl methyl sites for hydroxylation is 3. The lowest BCUT2D eigenvalue weighted by Crippen LogP contribution is -2.39. The molecule has 0 amide bonds. The van der Waals surface area contributed by atoms with Gasteiger partial charge in [-0.3, -0.25) is 14.4 Å². The standard InChI is InChI=1S/C15H25N7O/c1-10-13(11(2)22(5)20-10)7-17-15(16-3)18-8-14(23)12-6-19-21(4)9-12/h6,9,14,23H,7-8H2,1-5H3,(H2,16,17,18). The molecule has 0 aliphatic carbocycles. The van der Waals surface area contributed by atoms with E-state index in [4.69, 9.17) is 0 Å². The summed E-state index contributed by atoms with van der Waals surface area (Å²) in [5, 5.41) is 25.0. The Balaban J connectivity index is 1.88. The zero-order valence-electron chi connectivity index (χ0n) is 14.3. The highest BCUT2D eigenvalue weighted by Crippen LogP contribution is 2.11. The van der Waals surface area contributed by atoms with Crippen molar-refractivity contribution in [3.63, 3.8) is 0 Å². The molecule has 8 nitrogen and oxygen atoms in total. The van der Waals surface area contributed by atoms with Crippen LogP contribution in [0.15, 0.2) is 17.4 Å². The first-order valence-electron chi connectivity index (χ1n) is 7.52. The zero-order chi connectivity index (χ0) is 17.0. The third-order valence-corrected chi connectivity index (χ3v) is 3.89. The van der Waals surface area contributed by atoms with Crippen molar-refractivity contribution in [2.45, 2.75) is 26.5 Å². The van der Waals surface area contributed by atoms with E-state index in [1.165, 1.54) is 0 Å². The summed E-state index contributed by atoms with van der Waals surface area (Å²) >= 11 is 0. The fourth-order valence-corrected chi connectivity index (χ4v) is 2.39. The molecule has 8 heteroatoms. The van der Waals surface area contributed by atoms with E-state index in [1.807, 2.05) is 32.6 Å². The van der Waals surface area contributed by atoms with Crippen LogP contribution in [-0.2, 0) is 20.6 Å². The van der Waals surface area contributed by atoms with Crippen LogP contribution in [0.5, 0.6) is 0 Å². The molecule has 23 heavy (non-hydrogen) atoms. The number of aliphatic hydroxyl groups is 1. The highest BCUT2D eigenvalue weighted by atomic mass is 16.3. The van der Waals surface area contributed by atoms with E-state index in [2.05, 4.69) is 25.8 Å². The molecule has 1 unspecified atom stereocenters. The minimum absolute atomic E-state index is 0.358. The van der Waals surface area contributed by atoms with E-state index in [9.17, 15) is 5.11 Å². The molecule has 0 fully saturated rings. The molecular formula is C15H25N7O. The summed E-state index contributed by atoms with van der Waals surface area (Å²) in [6, 6.07) is 0. The zero-order valence-corrected chi connectivity index (χ0v) is 14.3. The van der Waals surface area contributed by atoms with Crippen molar-refractivity contribution in [1.82, 2.24) is 30.2 Å². The Bertz CT molecular complexity index is 686. The van der Waals surface area contributed by atoms with Gasteiger partial charge >= 0.3 is 0 Å². The third kappa shape index (κ3) is 4.10. The van der Waals surface area contributed by atoms with Gasteiger partial charge in [-0.2, -0.15) is 10.2 Å². The maximum atomic E-state index is 10.1. The molecular weight excluding hydrogens is 294 g/mol. The number of nitrogens with zero attached hydrogens (tertiary/aromatic N) is 5. The first-order chi connectivity index (χ1) is 10.9. The average molecular weight is 319 g/mol. The lowest BCUT2D eigenvalue weighted by molar-refractivity contribution is 0.180. The average Bonchev–Trinajstić information content (AvgIpc) is 3.05. The molecule has 126 valence electrons. The molecule has 0 bridgehead atoms. The van der Waals surface area contributed by atoms with Crippen molar-refractivity contribution in [2.75, 3.05) is 13.6 Å². The van der Waals surface area contributed by atoms with Gasteiger partial charge in [0.25, 0.3) is 0 Å². The van der Waals surface area contributed by atoms with Crippen molar-refractivity contribution >= 4 is 5.96 Å². The molecule has 0 aromatic carbocycles. The molecule has 0 spiro atoms. The number of hydrogen-bond acceptors (Lipinski definition) is 4. The first kappa shape index (κ1) is 17.0. The van der Waals surface area contributed by atoms with Crippen LogP contribution in [0.3, 0.4) is 0 Å². The van der Waals surface area contributed by atoms with Crippen LogP contribution in [0, 0.1) is 13.8 Å². The number of aliphatic hydroxyl groups excluding tert-OH is 1. The smallest absolute Gasteiger partial charge is 0.191 e. The molecule has 2 aromatic rings. The number of rotatable bonds is 5. The summed E-state index contributed by atoms with van der Waals surface area (Å²) in [6.45, 7) is 5.02. The fraction of sp³-hybridized carbons (Fsp3) is 0.533. The summed E-state index contributed by atoms with van der Waals surface area (Å²) in [4.78, 5) is 4.18. The first-order valence-corrected chi connectivity index (χ1v) is 7.52. The van der Waals surface area contributed by atoms with Gasteiger partial charge in [-0.05, 0) is 13.8 Å². The Labute approximate surface area is 136 Å². The van der Waals surface area contributed by atoms with Gasteiger partial charge in [0.15, 0.2) is 5.96 Å². The Morgan fingerprint density at radius 1 is 1.35 bits per heavy atom. The van der Waals surface area contributed by atoms with E-state index in [0.717, 1.165) is 22.5 Å². The molecule has 0 aliphatic rings. The predicted molar refractivity (Wildman–Crippen MR) is 89.1 cm³/mol. The van der Waals surface area contributed by atoms with E-state index in [-0.39, 0.29) is 0 Å². The maximum absolute atomic E-state index is 10.1. The maximum Gasteiger partial charge on any atom is 0.191 e. The van der Waals surface area contributed by atoms with Gasteiger partial charge in [-0.15, -0.1) is 0 Å². The van der Waals surface area contributed by atoms with Crippen molar-refractivity contribution in [3.8, 4) is 0 Å². The Morgan fingerprint density at radius 3 is 2.61 bits per heavy atom. The van der Waals surface area contributed by atoms with Gasteiger partial charge in [0.1, 0.15) is 0 Å². The van der Waals surface area contributed by atoms with Crippen LogP contribution < -0.4 is 10.6 Å². The van der Waals surface area contributed by atoms with Crippen LogP contribution in [0.25, 0.3) is 0 Å². The largest absolute Gasteiger partial charge is 0.386 e. The van der Waals surface area contributed by atoms with E-state index >= 15 is 0 Å². The number of aromatic nitrogens is 4. The second-order valence-corrected chi connectivity index (χ2v) is 5.54. The third-order valence-electron chi connectivity index (χ3n) is 3.89. The van der Waals surface area contributed by atoms with Gasteiger partial charge < -0.3 is 15.7 Å². The van der Waals surface area contributed by atoms with Gasteiger partial charge in [0, 0.05) is 57.3 Å². The Hall–Kier alpha value is -2.35. The lowest BCUT2D eigenvalue weighted by atomic mass is 10.2. The molecule has 2 rings (SSSR count). The molecule has 3 N–H and O–H groups in total. The van der Waals surface area contributed by atoms with E-state index in [0.29, 0.717) is 19.0 Å². The Kier molecular flexibility index (Phi) is 5.38. The number of hydrogen-bond donors (Lipinski definition) is 3. The van der Waals surface area contributed by atoms with Crippen LogP contribution in [0.1, 0.15) is 28.6 Å². The summed E-state index contributed by atoms with van der Waals surface area (Å²) in [7, 11) is 5.46. The summed E-state index contributed by atoms with van der Waals surface area (Å²) < 4.78 is 3.54. The molecule has 0 aliphatic heterocycles. The van der Waals surface area contributed by atoms with Gasteiger partial charge in [0.05, 0.1) is 18.0 Å². The molecule has 0 saturated heterocycles.